The number of anilines is 1. The molecule has 1 aliphatic heterocycles. The number of amides is 1. The summed E-state index contributed by atoms with van der Waals surface area (Å²) in [5.41, 5.74) is 2.04. The zero-order chi connectivity index (χ0) is 23.5. The summed E-state index contributed by atoms with van der Waals surface area (Å²) in [4.78, 5) is 37.5. The molecule has 1 amide bonds. The van der Waals surface area contributed by atoms with Crippen LogP contribution in [0.5, 0.6) is 0 Å². The molecule has 1 aromatic carbocycles. The maximum atomic E-state index is 13.6. The van der Waals surface area contributed by atoms with Gasteiger partial charge < -0.3 is 14.6 Å². The molecule has 0 spiro atoms. The zero-order valence-electron chi connectivity index (χ0n) is 19.1. The fourth-order valence-electron chi connectivity index (χ4n) is 4.46. The van der Waals surface area contributed by atoms with Crippen LogP contribution in [-0.4, -0.2) is 33.5 Å². The number of furan rings is 1. The molecule has 4 heterocycles. The normalized spacial score (nSPS) is 16.0. The summed E-state index contributed by atoms with van der Waals surface area (Å²) in [6.07, 6.45) is 3.25. The first-order valence-electron chi connectivity index (χ1n) is 11.6. The maximum absolute atomic E-state index is 13.6. The predicted molar refractivity (Wildman–Crippen MR) is 130 cm³/mol. The van der Waals surface area contributed by atoms with Crippen LogP contribution >= 0.6 is 0 Å². The number of nitrogens with one attached hydrogen (secondary N) is 1. The number of benzene rings is 1. The molecule has 8 heteroatoms. The summed E-state index contributed by atoms with van der Waals surface area (Å²) < 4.78 is 7.22. The van der Waals surface area contributed by atoms with Crippen LogP contribution in [0.4, 0.5) is 5.82 Å². The Morgan fingerprint density at radius 2 is 2.00 bits per heavy atom. The third kappa shape index (κ3) is 4.57. The van der Waals surface area contributed by atoms with E-state index >= 15 is 0 Å². The first-order valence-corrected chi connectivity index (χ1v) is 11.6. The summed E-state index contributed by atoms with van der Waals surface area (Å²) in [5, 5.41) is 2.97. The molecule has 1 saturated heterocycles. The van der Waals surface area contributed by atoms with Crippen molar-refractivity contribution < 1.29 is 9.21 Å². The number of nitrogens with zero attached hydrogens (tertiary/aromatic N) is 4. The Morgan fingerprint density at radius 1 is 1.15 bits per heavy atom. The number of fused-ring (bicyclic) bond motifs is 1. The van der Waals surface area contributed by atoms with E-state index in [-0.39, 0.29) is 17.4 Å². The van der Waals surface area contributed by atoms with Crippen LogP contribution < -0.4 is 15.8 Å². The van der Waals surface area contributed by atoms with Gasteiger partial charge in [0.05, 0.1) is 19.0 Å². The Kier molecular flexibility index (Phi) is 6.12. The molecule has 0 aliphatic carbocycles. The molecule has 5 rings (SSSR count). The second kappa shape index (κ2) is 9.51. The number of aromatic nitrogens is 3. The summed E-state index contributed by atoms with van der Waals surface area (Å²) in [6, 6.07) is 17.3. The standard InChI is InChI=1S/C26H27N5O3/c1-18-11-12-21(34-18)15-28-25(32)20-9-6-14-30(17-20)24-26(33)31(16-19-7-3-2-4-8-19)23-22(29-24)10-5-13-27-23/h2-5,7-8,10-13,20H,6,9,14-17H2,1H3,(H,28,32)/t20-/m1/s1. The van der Waals surface area contributed by atoms with Crippen molar-refractivity contribution in [3.63, 3.8) is 0 Å². The van der Waals surface area contributed by atoms with Gasteiger partial charge >= 0.3 is 0 Å². The fourth-order valence-corrected chi connectivity index (χ4v) is 4.46. The maximum Gasteiger partial charge on any atom is 0.295 e. The second-order valence-corrected chi connectivity index (χ2v) is 8.67. The highest BCUT2D eigenvalue weighted by atomic mass is 16.3. The molecular formula is C26H27N5O3. The molecule has 3 aromatic heterocycles. The lowest BCUT2D eigenvalue weighted by atomic mass is 9.97. The van der Waals surface area contributed by atoms with E-state index in [4.69, 9.17) is 4.42 Å². The second-order valence-electron chi connectivity index (χ2n) is 8.67. The number of carbonyl (C=O) groups excluding carboxylic acids is 1. The molecule has 1 N–H and O–H groups in total. The number of hydrogen-bond acceptors (Lipinski definition) is 6. The number of hydrogen-bond donors (Lipinski definition) is 1. The van der Waals surface area contributed by atoms with Crippen molar-refractivity contribution in [2.75, 3.05) is 18.0 Å². The van der Waals surface area contributed by atoms with E-state index in [1.165, 1.54) is 0 Å². The van der Waals surface area contributed by atoms with Crippen molar-refractivity contribution in [1.29, 1.82) is 0 Å². The van der Waals surface area contributed by atoms with Crippen LogP contribution in [0.2, 0.25) is 0 Å². The van der Waals surface area contributed by atoms with Crippen molar-refractivity contribution in [1.82, 2.24) is 19.9 Å². The van der Waals surface area contributed by atoms with Gasteiger partial charge in [-0.05, 0) is 49.6 Å². The van der Waals surface area contributed by atoms with Gasteiger partial charge in [0.1, 0.15) is 17.0 Å². The molecule has 1 atom stereocenters. The average Bonchev–Trinajstić information content (AvgIpc) is 3.30. The predicted octanol–water partition coefficient (Wildman–Crippen LogP) is 3.27. The highest BCUT2D eigenvalue weighted by Gasteiger charge is 2.29. The third-order valence-corrected chi connectivity index (χ3v) is 6.19. The van der Waals surface area contributed by atoms with Gasteiger partial charge in [0.25, 0.3) is 5.56 Å². The van der Waals surface area contributed by atoms with Crippen molar-refractivity contribution in [3.8, 4) is 0 Å². The largest absolute Gasteiger partial charge is 0.465 e. The van der Waals surface area contributed by atoms with Crippen molar-refractivity contribution in [2.45, 2.75) is 32.9 Å². The Morgan fingerprint density at radius 3 is 2.79 bits per heavy atom. The third-order valence-electron chi connectivity index (χ3n) is 6.19. The smallest absolute Gasteiger partial charge is 0.295 e. The quantitative estimate of drug-likeness (QED) is 0.478. The summed E-state index contributed by atoms with van der Waals surface area (Å²) in [7, 11) is 0. The van der Waals surface area contributed by atoms with E-state index in [1.807, 2.05) is 66.4 Å². The van der Waals surface area contributed by atoms with Gasteiger partial charge in [0.2, 0.25) is 5.91 Å². The molecule has 0 radical (unpaired) electrons. The fraction of sp³-hybridized carbons (Fsp3) is 0.308. The van der Waals surface area contributed by atoms with E-state index in [0.717, 1.165) is 29.9 Å². The van der Waals surface area contributed by atoms with Gasteiger partial charge in [-0.1, -0.05) is 30.3 Å². The SMILES string of the molecule is Cc1ccc(CNC(=O)[C@@H]2CCCN(c3nc4cccnc4n(Cc4ccccc4)c3=O)C2)o1. The van der Waals surface area contributed by atoms with Gasteiger partial charge in [-0.25, -0.2) is 9.97 Å². The van der Waals surface area contributed by atoms with Crippen molar-refractivity contribution >= 4 is 22.9 Å². The van der Waals surface area contributed by atoms with E-state index in [1.54, 1.807) is 10.8 Å². The number of piperidine rings is 1. The molecule has 34 heavy (non-hydrogen) atoms. The van der Waals surface area contributed by atoms with Crippen molar-refractivity contribution in [3.05, 3.63) is 88.2 Å². The highest BCUT2D eigenvalue weighted by Crippen LogP contribution is 2.22. The monoisotopic (exact) mass is 457 g/mol. The first kappa shape index (κ1) is 21.9. The lowest BCUT2D eigenvalue weighted by molar-refractivity contribution is -0.125. The minimum absolute atomic E-state index is 0.0363. The minimum Gasteiger partial charge on any atom is -0.465 e. The van der Waals surface area contributed by atoms with Crippen LogP contribution in [0.25, 0.3) is 11.2 Å². The van der Waals surface area contributed by atoms with Crippen molar-refractivity contribution in [2.24, 2.45) is 5.92 Å². The summed E-state index contributed by atoms with van der Waals surface area (Å²) >= 11 is 0. The van der Waals surface area contributed by atoms with Crippen LogP contribution in [0, 0.1) is 12.8 Å². The molecule has 0 saturated carbocycles. The zero-order valence-corrected chi connectivity index (χ0v) is 19.1. The van der Waals surface area contributed by atoms with Gasteiger partial charge in [-0.2, -0.15) is 0 Å². The summed E-state index contributed by atoms with van der Waals surface area (Å²) in [6.45, 7) is 3.76. The molecule has 0 unspecified atom stereocenters. The average molecular weight is 458 g/mol. The Balaban J connectivity index is 1.40. The summed E-state index contributed by atoms with van der Waals surface area (Å²) in [5.74, 6) is 1.65. The number of pyridine rings is 1. The van der Waals surface area contributed by atoms with Crippen LogP contribution in [0.3, 0.4) is 0 Å². The Hall–Kier alpha value is -3.94. The Bertz CT molecular complexity index is 1360. The molecule has 174 valence electrons. The molecular weight excluding hydrogens is 430 g/mol. The van der Waals surface area contributed by atoms with Gasteiger partial charge in [-0.15, -0.1) is 0 Å². The van der Waals surface area contributed by atoms with Crippen LogP contribution in [0.1, 0.15) is 29.9 Å². The molecule has 0 bridgehead atoms. The van der Waals surface area contributed by atoms with Gasteiger partial charge in [-0.3, -0.25) is 14.2 Å². The molecule has 4 aromatic rings. The number of aryl methyl sites for hydroxylation is 1. The topological polar surface area (TPSA) is 93.3 Å². The number of rotatable bonds is 6. The van der Waals surface area contributed by atoms with Gasteiger partial charge in [0, 0.05) is 19.3 Å². The van der Waals surface area contributed by atoms with E-state index in [9.17, 15) is 9.59 Å². The lowest BCUT2D eigenvalue weighted by Gasteiger charge is -2.32. The lowest BCUT2D eigenvalue weighted by Crippen LogP contribution is -2.45. The highest BCUT2D eigenvalue weighted by molar-refractivity contribution is 5.79. The van der Waals surface area contributed by atoms with Crippen LogP contribution in [-0.2, 0) is 17.9 Å². The van der Waals surface area contributed by atoms with E-state index < -0.39 is 0 Å². The molecule has 8 nitrogen and oxygen atoms in total. The molecule has 1 aliphatic rings. The number of carbonyl (C=O) groups is 1. The Labute approximate surface area is 197 Å². The molecule has 1 fully saturated rings. The first-order chi connectivity index (χ1) is 16.6. The van der Waals surface area contributed by atoms with Crippen LogP contribution in [0.15, 0.2) is 70.0 Å². The van der Waals surface area contributed by atoms with E-state index in [2.05, 4.69) is 15.3 Å². The van der Waals surface area contributed by atoms with E-state index in [0.29, 0.717) is 43.2 Å². The van der Waals surface area contributed by atoms with Gasteiger partial charge in [0.15, 0.2) is 11.5 Å². The minimum atomic E-state index is -0.224.